The van der Waals surface area contributed by atoms with Crippen LogP contribution >= 0.6 is 11.8 Å². The van der Waals surface area contributed by atoms with Gasteiger partial charge in [-0.1, -0.05) is 57.5 Å². The van der Waals surface area contributed by atoms with Crippen molar-refractivity contribution in [2.45, 2.75) is 64.1 Å². The average molecular weight is 415 g/mol. The molecule has 0 bridgehead atoms. The van der Waals surface area contributed by atoms with E-state index in [0.717, 1.165) is 35.4 Å². The Morgan fingerprint density at radius 2 is 2.00 bits per heavy atom. The van der Waals surface area contributed by atoms with Gasteiger partial charge in [0.25, 0.3) is 0 Å². The second-order valence-corrected chi connectivity index (χ2v) is 9.69. The SMILES string of the molecule is CCCCCSc1nc2n(n1)[C@@H](c1ccc(F)cc1)C1=C(CC(C)(C)CC1=O)N2. The number of benzene rings is 1. The molecular formula is C22H27FN4OS. The third kappa shape index (κ3) is 4.10. The number of aromatic nitrogens is 3. The molecule has 0 saturated carbocycles. The van der Waals surface area contributed by atoms with Gasteiger partial charge in [-0.15, -0.1) is 5.10 Å². The quantitative estimate of drug-likeness (QED) is 0.509. The summed E-state index contributed by atoms with van der Waals surface area (Å²) in [6.45, 7) is 6.40. The van der Waals surface area contributed by atoms with Crippen molar-refractivity contribution in [3.05, 3.63) is 46.9 Å². The predicted octanol–water partition coefficient (Wildman–Crippen LogP) is 5.36. The molecule has 0 fully saturated rings. The minimum absolute atomic E-state index is 0.101. The molecular weight excluding hydrogens is 387 g/mol. The number of thioether (sulfide) groups is 1. The summed E-state index contributed by atoms with van der Waals surface area (Å²) in [5.74, 6) is 1.45. The molecule has 1 aromatic heterocycles. The van der Waals surface area contributed by atoms with Crippen LogP contribution in [0.4, 0.5) is 10.3 Å². The lowest BCUT2D eigenvalue weighted by molar-refractivity contribution is -0.118. The van der Waals surface area contributed by atoms with Crippen LogP contribution in [0.5, 0.6) is 0 Å². The summed E-state index contributed by atoms with van der Waals surface area (Å²) in [7, 11) is 0. The molecule has 0 radical (unpaired) electrons. The number of halogens is 1. The summed E-state index contributed by atoms with van der Waals surface area (Å²) in [6.07, 6.45) is 4.76. The van der Waals surface area contributed by atoms with E-state index in [9.17, 15) is 9.18 Å². The van der Waals surface area contributed by atoms with Gasteiger partial charge in [-0.05, 0) is 36.0 Å². The van der Waals surface area contributed by atoms with Gasteiger partial charge in [0.1, 0.15) is 11.9 Å². The Bertz CT molecular complexity index is 948. The first-order valence-electron chi connectivity index (χ1n) is 10.3. The fourth-order valence-corrected chi connectivity index (χ4v) is 4.95. The predicted molar refractivity (Wildman–Crippen MR) is 113 cm³/mol. The Hall–Kier alpha value is -2.15. The molecule has 1 N–H and O–H groups in total. The molecule has 2 aromatic rings. The van der Waals surface area contributed by atoms with Crippen molar-refractivity contribution in [2.24, 2.45) is 5.41 Å². The van der Waals surface area contributed by atoms with Crippen LogP contribution in [0.15, 0.2) is 40.7 Å². The standard InChI is InChI=1S/C22H27FN4OS/c1-4-5-6-11-29-21-25-20-24-16-12-22(2,3)13-17(28)18(16)19(27(20)26-21)14-7-9-15(23)10-8-14/h7-10,19H,4-6,11-13H2,1-3H3,(H,24,25,26)/t19-/m0/s1. The molecule has 1 atom stereocenters. The van der Waals surface area contributed by atoms with Crippen LogP contribution < -0.4 is 5.32 Å². The van der Waals surface area contributed by atoms with E-state index >= 15 is 0 Å². The fourth-order valence-electron chi connectivity index (χ4n) is 4.12. The van der Waals surface area contributed by atoms with Crippen molar-refractivity contribution in [1.82, 2.24) is 14.8 Å². The molecule has 2 aliphatic rings. The van der Waals surface area contributed by atoms with E-state index in [1.54, 1.807) is 28.6 Å². The molecule has 4 rings (SSSR count). The maximum absolute atomic E-state index is 13.5. The van der Waals surface area contributed by atoms with Crippen LogP contribution in [-0.2, 0) is 4.79 Å². The molecule has 0 amide bonds. The van der Waals surface area contributed by atoms with E-state index in [0.29, 0.717) is 17.5 Å². The number of nitrogens with zero attached hydrogens (tertiary/aromatic N) is 3. The lowest BCUT2D eigenvalue weighted by Gasteiger charge is -2.38. The number of ketones is 1. The lowest BCUT2D eigenvalue weighted by atomic mass is 9.73. The number of hydrogen-bond acceptors (Lipinski definition) is 5. The number of allylic oxidation sites excluding steroid dienone is 2. The zero-order chi connectivity index (χ0) is 20.6. The monoisotopic (exact) mass is 414 g/mol. The van der Waals surface area contributed by atoms with Crippen molar-refractivity contribution in [3.8, 4) is 0 Å². The number of unbranched alkanes of at least 4 members (excludes halogenated alkanes) is 2. The van der Waals surface area contributed by atoms with Gasteiger partial charge in [0.05, 0.1) is 0 Å². The van der Waals surface area contributed by atoms with E-state index < -0.39 is 0 Å². The summed E-state index contributed by atoms with van der Waals surface area (Å²) in [6, 6.07) is 5.98. The van der Waals surface area contributed by atoms with Crippen molar-refractivity contribution in [2.75, 3.05) is 11.1 Å². The highest BCUT2D eigenvalue weighted by Gasteiger charge is 2.41. The van der Waals surface area contributed by atoms with E-state index in [1.807, 2.05) is 0 Å². The van der Waals surface area contributed by atoms with Gasteiger partial charge in [-0.2, -0.15) is 4.98 Å². The van der Waals surface area contributed by atoms with Gasteiger partial charge in [0.2, 0.25) is 11.1 Å². The summed E-state index contributed by atoms with van der Waals surface area (Å²) in [5.41, 5.74) is 2.40. The third-order valence-corrected chi connectivity index (χ3v) is 6.40. The van der Waals surface area contributed by atoms with E-state index in [4.69, 9.17) is 5.10 Å². The molecule has 0 saturated heterocycles. The molecule has 5 nitrogen and oxygen atoms in total. The first kappa shape index (κ1) is 20.1. The largest absolute Gasteiger partial charge is 0.328 e. The smallest absolute Gasteiger partial charge is 0.227 e. The van der Waals surface area contributed by atoms with Crippen molar-refractivity contribution in [1.29, 1.82) is 0 Å². The Morgan fingerprint density at radius 3 is 2.72 bits per heavy atom. The Balaban J connectivity index is 1.73. The van der Waals surface area contributed by atoms with Crippen LogP contribution in [0, 0.1) is 11.2 Å². The highest BCUT2D eigenvalue weighted by Crippen LogP contribution is 2.45. The van der Waals surface area contributed by atoms with Gasteiger partial charge >= 0.3 is 0 Å². The number of carbonyl (C=O) groups excluding carboxylic acids is 1. The van der Waals surface area contributed by atoms with Crippen molar-refractivity contribution < 1.29 is 9.18 Å². The molecule has 154 valence electrons. The zero-order valence-electron chi connectivity index (χ0n) is 17.2. The van der Waals surface area contributed by atoms with Crippen LogP contribution in [0.1, 0.15) is 64.5 Å². The molecule has 0 unspecified atom stereocenters. The second kappa shape index (κ2) is 7.94. The topological polar surface area (TPSA) is 59.8 Å². The van der Waals surface area contributed by atoms with Gasteiger partial charge in [0.15, 0.2) is 5.78 Å². The highest BCUT2D eigenvalue weighted by molar-refractivity contribution is 7.99. The van der Waals surface area contributed by atoms with Crippen molar-refractivity contribution in [3.63, 3.8) is 0 Å². The number of anilines is 1. The van der Waals surface area contributed by atoms with Crippen LogP contribution in [0.25, 0.3) is 0 Å². The second-order valence-electron chi connectivity index (χ2n) is 8.63. The molecule has 1 aliphatic carbocycles. The maximum Gasteiger partial charge on any atom is 0.227 e. The molecule has 1 aliphatic heterocycles. The molecule has 2 heterocycles. The Labute approximate surface area is 175 Å². The first-order valence-corrected chi connectivity index (χ1v) is 11.2. The number of nitrogens with one attached hydrogen (secondary N) is 1. The van der Waals surface area contributed by atoms with Gasteiger partial charge < -0.3 is 5.32 Å². The third-order valence-electron chi connectivity index (χ3n) is 5.48. The highest BCUT2D eigenvalue weighted by atomic mass is 32.2. The van der Waals surface area contributed by atoms with Crippen LogP contribution in [-0.4, -0.2) is 26.3 Å². The van der Waals surface area contributed by atoms with E-state index in [2.05, 4.69) is 31.1 Å². The summed E-state index contributed by atoms with van der Waals surface area (Å²) in [5, 5.41) is 8.81. The summed E-state index contributed by atoms with van der Waals surface area (Å²) in [4.78, 5) is 17.8. The van der Waals surface area contributed by atoms with Crippen molar-refractivity contribution >= 4 is 23.5 Å². The summed E-state index contributed by atoms with van der Waals surface area (Å²) >= 11 is 1.64. The lowest BCUT2D eigenvalue weighted by Crippen LogP contribution is -2.36. The van der Waals surface area contributed by atoms with Gasteiger partial charge in [-0.3, -0.25) is 4.79 Å². The molecule has 1 aromatic carbocycles. The first-order chi connectivity index (χ1) is 13.9. The summed E-state index contributed by atoms with van der Waals surface area (Å²) < 4.78 is 15.3. The number of carbonyl (C=O) groups is 1. The molecule has 0 spiro atoms. The average Bonchev–Trinajstić information content (AvgIpc) is 3.06. The van der Waals surface area contributed by atoms with Crippen LogP contribution in [0.2, 0.25) is 0 Å². The number of hydrogen-bond donors (Lipinski definition) is 1. The minimum Gasteiger partial charge on any atom is -0.328 e. The van der Waals surface area contributed by atoms with Gasteiger partial charge in [0, 0.05) is 23.4 Å². The van der Waals surface area contributed by atoms with E-state index in [1.165, 1.54) is 25.0 Å². The van der Waals surface area contributed by atoms with Crippen LogP contribution in [0.3, 0.4) is 0 Å². The number of rotatable bonds is 6. The molecule has 7 heteroatoms. The zero-order valence-corrected chi connectivity index (χ0v) is 18.0. The van der Waals surface area contributed by atoms with E-state index in [-0.39, 0.29) is 23.1 Å². The van der Waals surface area contributed by atoms with Gasteiger partial charge in [-0.25, -0.2) is 9.07 Å². The number of fused-ring (bicyclic) bond motifs is 1. The Kier molecular flexibility index (Phi) is 5.51. The number of Topliss-reactive ketones (excluding diaryl/α,β-unsaturated/α-hetero) is 1. The fraction of sp³-hybridized carbons (Fsp3) is 0.500. The molecule has 29 heavy (non-hydrogen) atoms. The Morgan fingerprint density at radius 1 is 1.24 bits per heavy atom. The normalized spacial score (nSPS) is 20.3. The minimum atomic E-state index is -0.372. The maximum atomic E-state index is 13.5.